The van der Waals surface area contributed by atoms with Gasteiger partial charge in [-0.1, -0.05) is 0 Å². The van der Waals surface area contributed by atoms with Gasteiger partial charge in [0.25, 0.3) is 0 Å². The summed E-state index contributed by atoms with van der Waals surface area (Å²) in [4.78, 5) is 0. The molecule has 208 valence electrons. The third-order valence-electron chi connectivity index (χ3n) is 8.25. The largest absolute Gasteiger partial charge is 0.147 e. The summed E-state index contributed by atoms with van der Waals surface area (Å²) in [5.41, 5.74) is 9.34. The average Bonchev–Trinajstić information content (AvgIpc) is 3.50. The average molecular weight is 887 g/mol. The minimum Gasteiger partial charge on any atom is -0.147 e. The van der Waals surface area contributed by atoms with Crippen LogP contribution in [0.5, 0.6) is 0 Å². The Bertz CT molecular complexity index is 1180. The molecular formula is C34H50Cl2Hf2. The van der Waals surface area contributed by atoms with Crippen molar-refractivity contribution in [3.63, 3.8) is 0 Å². The number of rotatable bonds is 4. The molecule has 2 unspecified atom stereocenters. The topological polar surface area (TPSA) is 0 Å². The molecular weight excluding hydrogens is 836 g/mol. The van der Waals surface area contributed by atoms with Gasteiger partial charge in [0.15, 0.2) is 0 Å². The third-order valence-corrected chi connectivity index (χ3v) is 32.3. The predicted octanol–water partition coefficient (Wildman–Crippen LogP) is 10.7. The van der Waals surface area contributed by atoms with E-state index >= 15 is 0 Å². The van der Waals surface area contributed by atoms with E-state index in [0.717, 1.165) is 0 Å². The van der Waals surface area contributed by atoms with Crippen molar-refractivity contribution in [2.24, 2.45) is 11.8 Å². The van der Waals surface area contributed by atoms with E-state index in [1.54, 1.807) is 35.5 Å². The first-order valence-electron chi connectivity index (χ1n) is 13.7. The van der Waals surface area contributed by atoms with Crippen molar-refractivity contribution in [3.05, 3.63) is 83.2 Å². The molecule has 0 saturated heterocycles. The minimum atomic E-state index is -1.90. The fourth-order valence-electron chi connectivity index (χ4n) is 6.09. The monoisotopic (exact) mass is 888 g/mol. The molecule has 0 spiro atoms. The molecule has 0 aromatic carbocycles. The summed E-state index contributed by atoms with van der Waals surface area (Å²) in [6.07, 6.45) is 17.0. The number of allylic oxidation sites excluding steroid dienone is 16. The molecule has 4 aliphatic carbocycles. The molecule has 2 atom stereocenters. The van der Waals surface area contributed by atoms with Crippen LogP contribution in [0.15, 0.2) is 83.2 Å². The van der Waals surface area contributed by atoms with Crippen LogP contribution in [0.25, 0.3) is 0 Å². The molecule has 0 radical (unpaired) electrons. The Morgan fingerprint density at radius 3 is 1.08 bits per heavy atom. The number of halogens is 2. The Morgan fingerprint density at radius 2 is 0.895 bits per heavy atom. The fraction of sp³-hybridized carbons (Fsp3) is 0.471. The Labute approximate surface area is 261 Å². The fourth-order valence-corrected chi connectivity index (χ4v) is 30.2. The van der Waals surface area contributed by atoms with Gasteiger partial charge in [0.1, 0.15) is 0 Å². The van der Waals surface area contributed by atoms with Gasteiger partial charge < -0.3 is 0 Å². The van der Waals surface area contributed by atoms with Crippen LogP contribution in [-0.2, 0) is 41.9 Å². The molecule has 0 N–H and O–H groups in total. The molecule has 0 bridgehead atoms. The number of hydrogen-bond donors (Lipinski definition) is 0. The van der Waals surface area contributed by atoms with E-state index < -0.39 is 41.9 Å². The van der Waals surface area contributed by atoms with Gasteiger partial charge in [-0.3, -0.25) is 0 Å². The summed E-state index contributed by atoms with van der Waals surface area (Å²) in [5, 5.41) is 0. The van der Waals surface area contributed by atoms with Gasteiger partial charge in [-0.05, 0) is 0 Å². The molecule has 0 saturated carbocycles. The quantitative estimate of drug-likeness (QED) is 0.247. The van der Waals surface area contributed by atoms with Crippen LogP contribution in [0.4, 0.5) is 0 Å². The molecule has 0 heterocycles. The molecule has 0 aromatic rings. The van der Waals surface area contributed by atoms with E-state index in [-0.39, 0.29) is 24.8 Å². The maximum absolute atomic E-state index is 2.51. The van der Waals surface area contributed by atoms with Crippen LogP contribution in [0.3, 0.4) is 0 Å². The van der Waals surface area contributed by atoms with Gasteiger partial charge in [-0.25, -0.2) is 0 Å². The zero-order valence-electron chi connectivity index (χ0n) is 25.8. The zero-order valence-corrected chi connectivity index (χ0v) is 34.7. The molecule has 38 heavy (non-hydrogen) atoms. The maximum atomic E-state index is 2.51. The minimum absolute atomic E-state index is 0. The van der Waals surface area contributed by atoms with Gasteiger partial charge in [0.05, 0.1) is 0 Å². The van der Waals surface area contributed by atoms with Crippen LogP contribution >= 0.6 is 24.8 Å². The normalized spacial score (nSPS) is 21.8. The van der Waals surface area contributed by atoms with Crippen LogP contribution in [0, 0.1) is 11.8 Å². The van der Waals surface area contributed by atoms with Crippen LogP contribution in [0.1, 0.15) is 95.9 Å². The van der Waals surface area contributed by atoms with Gasteiger partial charge in [-0.2, -0.15) is 0 Å². The molecule has 4 rings (SSSR count). The van der Waals surface area contributed by atoms with Crippen LogP contribution in [0.2, 0.25) is 0 Å². The molecule has 0 aliphatic heterocycles. The van der Waals surface area contributed by atoms with E-state index in [0.29, 0.717) is 11.8 Å². The number of hydrogen-bond acceptors (Lipinski definition) is 0. The predicted molar refractivity (Wildman–Crippen MR) is 171 cm³/mol. The first kappa shape index (κ1) is 36.0. The molecule has 0 nitrogen and oxygen atoms in total. The smallest absolute Gasteiger partial charge is 0.147 e. The summed E-state index contributed by atoms with van der Waals surface area (Å²) in [6.45, 7) is 28.0. The molecule has 4 heteroatoms. The van der Waals surface area contributed by atoms with E-state index in [1.807, 2.05) is 6.66 Å². The Hall–Kier alpha value is -0.0197. The first-order valence-corrected chi connectivity index (χ1v) is 24.5. The summed E-state index contributed by atoms with van der Waals surface area (Å²) >= 11 is -3.80. The first-order chi connectivity index (χ1) is 16.8. The second-order valence-electron chi connectivity index (χ2n) is 11.9. The maximum Gasteiger partial charge on any atom is -0.147 e. The third kappa shape index (κ3) is 8.04. The summed E-state index contributed by atoms with van der Waals surface area (Å²) < 4.78 is 10.7. The Kier molecular flexibility index (Phi) is 14.5. The summed E-state index contributed by atoms with van der Waals surface area (Å²) in [6, 6.07) is 0. The van der Waals surface area contributed by atoms with Crippen molar-refractivity contribution in [1.82, 2.24) is 0 Å². The molecule has 0 aromatic heterocycles. The second kappa shape index (κ2) is 15.3. The van der Waals surface area contributed by atoms with Crippen LogP contribution < -0.4 is 0 Å². The van der Waals surface area contributed by atoms with E-state index in [9.17, 15) is 0 Å². The van der Waals surface area contributed by atoms with E-state index in [1.165, 1.54) is 24.0 Å². The van der Waals surface area contributed by atoms with Gasteiger partial charge >= 0.3 is 239 Å². The van der Waals surface area contributed by atoms with Crippen molar-refractivity contribution in [2.45, 2.75) is 95.9 Å². The SMILES string of the molecule is CC1=C(C)C[C]([Hf]([C]2=C(C)C=CC2C)=[C](C)C)=C1.CC1=C(C)C[C]([Hf]([C]2=C(C)C=CC2C)=[C](C)C)=C1.Cl.Cl. The Balaban J connectivity index is 0.000000361. The zero-order chi connectivity index (χ0) is 26.9. The van der Waals surface area contributed by atoms with Crippen molar-refractivity contribution in [3.8, 4) is 0 Å². The molecule has 4 aliphatic rings. The van der Waals surface area contributed by atoms with Gasteiger partial charge in [-0.15, -0.1) is 24.8 Å². The van der Waals surface area contributed by atoms with Gasteiger partial charge in [0.2, 0.25) is 0 Å². The second-order valence-corrected chi connectivity index (χ2v) is 32.9. The van der Waals surface area contributed by atoms with Crippen molar-refractivity contribution in [2.75, 3.05) is 0 Å². The molecule has 0 amide bonds. The summed E-state index contributed by atoms with van der Waals surface area (Å²) in [7, 11) is 0. The van der Waals surface area contributed by atoms with Gasteiger partial charge in [0, 0.05) is 0 Å². The van der Waals surface area contributed by atoms with Crippen LogP contribution in [-0.4, -0.2) is 6.51 Å². The van der Waals surface area contributed by atoms with Crippen molar-refractivity contribution in [1.29, 1.82) is 0 Å². The standard InChI is InChI=1S/4C7H9.2C3H6.2ClH.2Hf/c2*1-6-3-4-7(2)5-6;2*1-6-4-3-5-7(6)2;2*1-3-2;;;;/h2*3-4,6H,1-2H3;2*4H,5H2,1-2H3;2*1-2H3;2*1H;;. The van der Waals surface area contributed by atoms with Crippen molar-refractivity contribution < 1.29 is 41.9 Å². The Morgan fingerprint density at radius 1 is 0.579 bits per heavy atom. The molecule has 0 fully saturated rings. The van der Waals surface area contributed by atoms with Crippen molar-refractivity contribution >= 4 is 31.3 Å². The summed E-state index contributed by atoms with van der Waals surface area (Å²) in [5.74, 6) is 1.37. The van der Waals surface area contributed by atoms with E-state index in [2.05, 4.69) is 120 Å². The van der Waals surface area contributed by atoms with E-state index in [4.69, 9.17) is 0 Å².